The monoisotopic (exact) mass is 731 g/mol. The number of aromatic nitrogens is 1. The maximum atomic E-state index is 14.3. The van der Waals surface area contributed by atoms with Gasteiger partial charge in [0.2, 0.25) is 21.8 Å². The first-order chi connectivity index (χ1) is 22.0. The number of piperazine rings is 1. The zero-order valence-electron chi connectivity index (χ0n) is 24.7. The minimum atomic E-state index is -4.75. The maximum absolute atomic E-state index is 14.3. The van der Waals surface area contributed by atoms with Gasteiger partial charge in [0, 0.05) is 35.2 Å². The van der Waals surface area contributed by atoms with Gasteiger partial charge in [0.15, 0.2) is 0 Å². The number of halogens is 6. The molecule has 3 aromatic rings. The van der Waals surface area contributed by atoms with Gasteiger partial charge in [0.1, 0.15) is 28.8 Å². The molecule has 0 spiro atoms. The highest BCUT2D eigenvalue weighted by molar-refractivity contribution is 7.89. The summed E-state index contributed by atoms with van der Waals surface area (Å²) in [7, 11) is -4.52. The van der Waals surface area contributed by atoms with Crippen LogP contribution in [0.1, 0.15) is 35.5 Å². The molecule has 0 aliphatic carbocycles. The number of benzene rings is 2. The highest BCUT2D eigenvalue weighted by atomic mass is 35.5. The topological polar surface area (TPSA) is 120 Å². The molecule has 3 amide bonds. The van der Waals surface area contributed by atoms with Crippen LogP contribution in [0.25, 0.3) is 0 Å². The van der Waals surface area contributed by atoms with Gasteiger partial charge < -0.3 is 15.1 Å². The number of carbonyl (C=O) groups excluding carboxylic acids is 3. The number of alkyl halides is 3. The summed E-state index contributed by atoms with van der Waals surface area (Å²) in [4.78, 5) is 46.9. The Morgan fingerprint density at radius 2 is 1.64 bits per heavy atom. The maximum Gasteiger partial charge on any atom is 0.433 e. The molecule has 47 heavy (non-hydrogen) atoms. The summed E-state index contributed by atoms with van der Waals surface area (Å²) >= 11 is 18.4. The van der Waals surface area contributed by atoms with Crippen molar-refractivity contribution in [3.63, 3.8) is 0 Å². The molecule has 2 fully saturated rings. The average Bonchev–Trinajstić information content (AvgIpc) is 2.99. The Kier molecular flexibility index (Phi) is 9.82. The van der Waals surface area contributed by atoms with E-state index in [1.165, 1.54) is 23.1 Å². The van der Waals surface area contributed by atoms with E-state index >= 15 is 0 Å². The van der Waals surface area contributed by atoms with Crippen molar-refractivity contribution in [1.82, 2.24) is 24.4 Å². The second kappa shape index (κ2) is 13.2. The number of sulfonamides is 1. The minimum absolute atomic E-state index is 0.0134. The molecule has 0 bridgehead atoms. The van der Waals surface area contributed by atoms with Gasteiger partial charge in [-0.2, -0.15) is 17.5 Å². The van der Waals surface area contributed by atoms with E-state index in [0.717, 1.165) is 15.3 Å². The molecular weight excluding hydrogens is 706 g/mol. The molecule has 3 heterocycles. The van der Waals surface area contributed by atoms with Crippen LogP contribution in [-0.2, 0) is 32.2 Å². The fourth-order valence-corrected chi connectivity index (χ4v) is 8.03. The molecule has 0 radical (unpaired) electrons. The number of hydrogen-bond donors (Lipinski definition) is 1. The van der Waals surface area contributed by atoms with E-state index in [2.05, 4.69) is 10.3 Å². The lowest BCUT2D eigenvalue weighted by Gasteiger charge is -2.54. The van der Waals surface area contributed by atoms with E-state index in [1.54, 1.807) is 38.1 Å². The van der Waals surface area contributed by atoms with Gasteiger partial charge in [0.05, 0.1) is 17.1 Å². The second-order valence-electron chi connectivity index (χ2n) is 11.3. The van der Waals surface area contributed by atoms with Crippen LogP contribution in [0.4, 0.5) is 13.2 Å². The zero-order valence-corrected chi connectivity index (χ0v) is 27.8. The van der Waals surface area contributed by atoms with Crippen LogP contribution in [0.3, 0.4) is 0 Å². The summed E-state index contributed by atoms with van der Waals surface area (Å²) in [5.41, 5.74) is -0.905. The van der Waals surface area contributed by atoms with E-state index in [1.807, 2.05) is 0 Å². The van der Waals surface area contributed by atoms with Crippen molar-refractivity contribution in [2.24, 2.45) is 0 Å². The molecule has 3 atom stereocenters. The summed E-state index contributed by atoms with van der Waals surface area (Å²) in [5, 5.41) is 2.87. The van der Waals surface area contributed by atoms with Gasteiger partial charge in [-0.3, -0.25) is 19.4 Å². The lowest BCUT2D eigenvalue weighted by Crippen LogP contribution is -2.76. The first-order valence-corrected chi connectivity index (χ1v) is 16.7. The van der Waals surface area contributed by atoms with Crippen LogP contribution < -0.4 is 5.32 Å². The van der Waals surface area contributed by atoms with Gasteiger partial charge in [0.25, 0.3) is 5.91 Å². The predicted molar refractivity (Wildman–Crippen MR) is 167 cm³/mol. The first kappa shape index (κ1) is 34.9. The van der Waals surface area contributed by atoms with Crippen molar-refractivity contribution in [3.8, 4) is 0 Å². The molecule has 17 heteroatoms. The quantitative estimate of drug-likeness (QED) is 0.370. The molecule has 250 valence electrons. The van der Waals surface area contributed by atoms with Gasteiger partial charge >= 0.3 is 6.18 Å². The molecule has 2 aromatic carbocycles. The summed E-state index contributed by atoms with van der Waals surface area (Å²) < 4.78 is 68.7. The van der Waals surface area contributed by atoms with E-state index in [4.69, 9.17) is 34.8 Å². The van der Waals surface area contributed by atoms with E-state index in [-0.39, 0.29) is 39.5 Å². The van der Waals surface area contributed by atoms with Crippen molar-refractivity contribution < 1.29 is 36.0 Å². The molecule has 1 aromatic heterocycles. The Morgan fingerprint density at radius 1 is 0.979 bits per heavy atom. The smallest absolute Gasteiger partial charge is 0.339 e. The van der Waals surface area contributed by atoms with Crippen LogP contribution in [-0.4, -0.2) is 82.6 Å². The lowest BCUT2D eigenvalue weighted by molar-refractivity contribution is -0.168. The Balaban J connectivity index is 1.58. The van der Waals surface area contributed by atoms with Crippen molar-refractivity contribution >= 4 is 62.5 Å². The molecule has 5 rings (SSSR count). The summed E-state index contributed by atoms with van der Waals surface area (Å²) in [6.45, 7) is 2.75. The van der Waals surface area contributed by atoms with Crippen molar-refractivity contribution in [2.45, 2.75) is 55.6 Å². The molecule has 2 aliphatic heterocycles. The molecule has 10 nitrogen and oxygen atoms in total. The number of nitrogens with zero attached hydrogens (tertiary/aromatic N) is 4. The average molecular weight is 733 g/mol. The van der Waals surface area contributed by atoms with E-state index < -0.39 is 64.4 Å². The summed E-state index contributed by atoms with van der Waals surface area (Å²) in [5.74, 6) is -2.18. The number of nitrogens with one attached hydrogen (secondary N) is 1. The highest BCUT2D eigenvalue weighted by Crippen LogP contribution is 2.35. The third kappa shape index (κ3) is 7.07. The molecular formula is C30H27Cl3F3N5O5S. The number of fused-ring (bicyclic) bond motifs is 1. The molecule has 3 unspecified atom stereocenters. The third-order valence-corrected chi connectivity index (χ3v) is 10.7. The number of rotatable bonds is 7. The van der Waals surface area contributed by atoms with Gasteiger partial charge in [-0.25, -0.2) is 8.42 Å². The van der Waals surface area contributed by atoms with Crippen LogP contribution in [0.15, 0.2) is 65.7 Å². The predicted octanol–water partition coefficient (Wildman–Crippen LogP) is 4.88. The highest BCUT2D eigenvalue weighted by Gasteiger charge is 2.54. The SMILES string of the molecule is CC(C)N1CC2N(C(=O)C(NC(=O)c3ccc(C(F)(F)F)nc3)CN2S(=O)(=O)c2ccc(Cl)cc2Cl)C(Cc2ccc(Cl)cc2)C1=O. The summed E-state index contributed by atoms with van der Waals surface area (Å²) in [6, 6.07) is 8.73. The number of pyridine rings is 1. The van der Waals surface area contributed by atoms with Gasteiger partial charge in [-0.15, -0.1) is 0 Å². The standard InChI is InChI=1S/C30H27Cl3F3N5O5S/c1-16(2)39-15-26-40(47(45,46)24-9-8-20(32)12-21(24)33)14-22(38-27(42)18-5-10-25(37-13-18)30(34,35)36)28(43)41(26)23(29(39)44)11-17-3-6-19(31)7-4-17/h3-10,12-13,16,22-23,26H,11,14-15H2,1-2H3,(H,38,42). The van der Waals surface area contributed by atoms with Gasteiger partial charge in [-0.1, -0.05) is 46.9 Å². The van der Waals surface area contributed by atoms with Crippen LogP contribution >= 0.6 is 34.8 Å². The van der Waals surface area contributed by atoms with Crippen LogP contribution in [0.5, 0.6) is 0 Å². The zero-order chi connectivity index (χ0) is 34.4. The Hall–Kier alpha value is -3.43. The fraction of sp³-hybridized carbons (Fsp3) is 0.333. The third-order valence-electron chi connectivity index (χ3n) is 7.90. The van der Waals surface area contributed by atoms with Crippen molar-refractivity contribution in [1.29, 1.82) is 0 Å². The normalized spacial score (nSPS) is 20.8. The molecule has 2 saturated heterocycles. The second-order valence-corrected chi connectivity index (χ2v) is 14.4. The lowest BCUT2D eigenvalue weighted by atomic mass is 9.96. The minimum Gasteiger partial charge on any atom is -0.339 e. The molecule has 0 saturated carbocycles. The first-order valence-electron chi connectivity index (χ1n) is 14.2. The summed E-state index contributed by atoms with van der Waals surface area (Å²) in [6.07, 6.45) is -5.27. The Bertz CT molecular complexity index is 1810. The number of hydrogen-bond acceptors (Lipinski definition) is 6. The van der Waals surface area contributed by atoms with Crippen molar-refractivity contribution in [3.05, 3.63) is 92.7 Å². The molecule has 2 aliphatic rings. The van der Waals surface area contributed by atoms with Crippen molar-refractivity contribution in [2.75, 3.05) is 13.1 Å². The number of amides is 3. The van der Waals surface area contributed by atoms with Crippen LogP contribution in [0, 0.1) is 0 Å². The fourth-order valence-electron chi connectivity index (χ4n) is 5.57. The Morgan fingerprint density at radius 3 is 2.21 bits per heavy atom. The van der Waals surface area contributed by atoms with Crippen LogP contribution in [0.2, 0.25) is 15.1 Å². The number of carbonyl (C=O) groups is 3. The molecule has 1 N–H and O–H groups in total. The van der Waals surface area contributed by atoms with E-state index in [0.29, 0.717) is 22.8 Å². The van der Waals surface area contributed by atoms with Gasteiger partial charge in [-0.05, 0) is 61.9 Å². The largest absolute Gasteiger partial charge is 0.433 e. The Labute approximate surface area is 283 Å². The van der Waals surface area contributed by atoms with E-state index in [9.17, 15) is 36.0 Å².